The van der Waals surface area contributed by atoms with E-state index in [4.69, 9.17) is 4.74 Å². The molecular formula is C20H24ClN3O3S. The van der Waals surface area contributed by atoms with Crippen LogP contribution in [-0.2, 0) is 9.53 Å². The first-order chi connectivity index (χ1) is 13.1. The normalized spacial score (nSPS) is 11.7. The molecule has 0 atom stereocenters. The summed E-state index contributed by atoms with van der Waals surface area (Å²) in [5.74, 6) is 0.0123. The van der Waals surface area contributed by atoms with Crippen LogP contribution in [0.1, 0.15) is 20.3 Å². The van der Waals surface area contributed by atoms with Gasteiger partial charge in [-0.05, 0) is 43.8 Å². The lowest BCUT2D eigenvalue weighted by Gasteiger charge is -2.31. The Kier molecular flexibility index (Phi) is 8.17. The van der Waals surface area contributed by atoms with Gasteiger partial charge >= 0.3 is 6.09 Å². The van der Waals surface area contributed by atoms with E-state index in [1.807, 2.05) is 49.4 Å². The van der Waals surface area contributed by atoms with Gasteiger partial charge in [0.25, 0.3) is 0 Å². The lowest BCUT2D eigenvalue weighted by atomic mass is 10.2. The second-order valence-corrected chi connectivity index (χ2v) is 7.01. The van der Waals surface area contributed by atoms with Crippen LogP contribution in [0.25, 0.3) is 0 Å². The number of nitrogens with one attached hydrogen (secondary N) is 2. The summed E-state index contributed by atoms with van der Waals surface area (Å²) >= 11 is 1.62. The van der Waals surface area contributed by atoms with Crippen molar-refractivity contribution in [2.75, 3.05) is 29.9 Å². The van der Waals surface area contributed by atoms with Gasteiger partial charge in [-0.2, -0.15) is 0 Å². The average molecular weight is 422 g/mol. The monoisotopic (exact) mass is 421 g/mol. The molecule has 1 aliphatic rings. The summed E-state index contributed by atoms with van der Waals surface area (Å²) in [6, 6.07) is 13.4. The summed E-state index contributed by atoms with van der Waals surface area (Å²) < 4.78 is 4.94. The summed E-state index contributed by atoms with van der Waals surface area (Å²) in [5, 5.41) is 5.90. The van der Waals surface area contributed by atoms with Crippen molar-refractivity contribution in [1.29, 1.82) is 0 Å². The molecule has 1 aliphatic heterocycles. The molecule has 2 amide bonds. The molecule has 0 radical (unpaired) electrons. The minimum atomic E-state index is -0.508. The van der Waals surface area contributed by atoms with Gasteiger partial charge in [0.2, 0.25) is 5.91 Å². The molecule has 0 unspecified atom stereocenters. The molecule has 6 nitrogen and oxygen atoms in total. The molecule has 0 aromatic heterocycles. The Morgan fingerprint density at radius 2 is 1.82 bits per heavy atom. The molecule has 0 saturated heterocycles. The fourth-order valence-electron chi connectivity index (χ4n) is 2.87. The van der Waals surface area contributed by atoms with Crippen LogP contribution in [0, 0.1) is 0 Å². The Bertz CT molecular complexity index is 847. The van der Waals surface area contributed by atoms with Gasteiger partial charge in [-0.3, -0.25) is 15.0 Å². The quantitative estimate of drug-likeness (QED) is 0.655. The van der Waals surface area contributed by atoms with Crippen LogP contribution in [0.5, 0.6) is 0 Å². The van der Waals surface area contributed by atoms with E-state index in [-0.39, 0.29) is 18.3 Å². The first-order valence-electron chi connectivity index (χ1n) is 9.02. The summed E-state index contributed by atoms with van der Waals surface area (Å²) in [5.41, 5.74) is 2.23. The minimum Gasteiger partial charge on any atom is -0.450 e. The van der Waals surface area contributed by atoms with E-state index in [0.717, 1.165) is 27.7 Å². The molecule has 0 saturated carbocycles. The van der Waals surface area contributed by atoms with Crippen molar-refractivity contribution in [2.24, 2.45) is 0 Å². The number of ether oxygens (including phenoxy) is 1. The molecule has 0 aliphatic carbocycles. The number of para-hydroxylation sites is 1. The third-order valence-electron chi connectivity index (χ3n) is 4.06. The molecule has 28 heavy (non-hydrogen) atoms. The minimum absolute atomic E-state index is 0. The van der Waals surface area contributed by atoms with E-state index >= 15 is 0 Å². The van der Waals surface area contributed by atoms with Crippen molar-refractivity contribution in [2.45, 2.75) is 30.1 Å². The SMILES string of the molecule is CCNCCC(=O)N1c2ccccc2Sc2ccc(NC(=O)OCC)cc21.Cl. The molecule has 0 fully saturated rings. The van der Waals surface area contributed by atoms with Crippen LogP contribution in [0.15, 0.2) is 52.3 Å². The van der Waals surface area contributed by atoms with Gasteiger partial charge in [-0.1, -0.05) is 30.8 Å². The van der Waals surface area contributed by atoms with E-state index in [0.29, 0.717) is 25.3 Å². The molecule has 2 aromatic rings. The zero-order chi connectivity index (χ0) is 19.2. The van der Waals surface area contributed by atoms with Crippen molar-refractivity contribution < 1.29 is 14.3 Å². The Morgan fingerprint density at radius 1 is 1.07 bits per heavy atom. The number of benzene rings is 2. The molecular weight excluding hydrogens is 398 g/mol. The summed E-state index contributed by atoms with van der Waals surface area (Å²) in [4.78, 5) is 28.5. The second-order valence-electron chi connectivity index (χ2n) is 5.93. The zero-order valence-electron chi connectivity index (χ0n) is 15.9. The Labute approximate surface area is 175 Å². The highest BCUT2D eigenvalue weighted by atomic mass is 35.5. The number of nitrogens with zero attached hydrogens (tertiary/aromatic N) is 1. The van der Waals surface area contributed by atoms with Crippen molar-refractivity contribution in [3.8, 4) is 0 Å². The Hall–Kier alpha value is -2.22. The van der Waals surface area contributed by atoms with Crippen molar-refractivity contribution in [1.82, 2.24) is 5.32 Å². The van der Waals surface area contributed by atoms with E-state index < -0.39 is 6.09 Å². The molecule has 1 heterocycles. The van der Waals surface area contributed by atoms with Crippen molar-refractivity contribution in [3.63, 3.8) is 0 Å². The molecule has 0 spiro atoms. The standard InChI is InChI=1S/C20H23N3O3S.ClH/c1-3-21-12-11-19(24)23-15-7-5-6-8-17(15)27-18-10-9-14(13-16(18)23)22-20(25)26-4-2;/h5-10,13,21H,3-4,11-12H2,1-2H3,(H,22,25);1H. The van der Waals surface area contributed by atoms with Gasteiger partial charge in [0, 0.05) is 28.4 Å². The maximum Gasteiger partial charge on any atom is 0.411 e. The van der Waals surface area contributed by atoms with Crippen LogP contribution in [-0.4, -0.2) is 31.7 Å². The second kappa shape index (κ2) is 10.4. The van der Waals surface area contributed by atoms with Gasteiger partial charge in [-0.25, -0.2) is 4.79 Å². The largest absolute Gasteiger partial charge is 0.450 e. The fraction of sp³-hybridized carbons (Fsp3) is 0.300. The molecule has 150 valence electrons. The van der Waals surface area contributed by atoms with Crippen molar-refractivity contribution in [3.05, 3.63) is 42.5 Å². The fourth-order valence-corrected chi connectivity index (χ4v) is 3.91. The molecule has 3 rings (SSSR count). The number of amides is 2. The van der Waals surface area contributed by atoms with Crippen LogP contribution < -0.4 is 15.5 Å². The lowest BCUT2D eigenvalue weighted by Crippen LogP contribution is -2.31. The molecule has 2 N–H and O–H groups in total. The lowest BCUT2D eigenvalue weighted by molar-refractivity contribution is -0.117. The van der Waals surface area contributed by atoms with Crippen LogP contribution in [0.2, 0.25) is 0 Å². The van der Waals surface area contributed by atoms with Gasteiger partial charge < -0.3 is 10.1 Å². The number of rotatable bonds is 6. The van der Waals surface area contributed by atoms with Gasteiger partial charge in [0.05, 0.1) is 18.0 Å². The topological polar surface area (TPSA) is 70.7 Å². The number of halogens is 1. The van der Waals surface area contributed by atoms with Crippen LogP contribution in [0.3, 0.4) is 0 Å². The molecule has 0 bridgehead atoms. The average Bonchev–Trinajstić information content (AvgIpc) is 2.66. The predicted molar refractivity (Wildman–Crippen MR) is 115 cm³/mol. The van der Waals surface area contributed by atoms with Crippen LogP contribution >= 0.6 is 24.2 Å². The first-order valence-corrected chi connectivity index (χ1v) is 9.84. The third kappa shape index (κ3) is 4.98. The number of carbonyl (C=O) groups excluding carboxylic acids is 2. The third-order valence-corrected chi connectivity index (χ3v) is 5.19. The van der Waals surface area contributed by atoms with E-state index in [2.05, 4.69) is 10.6 Å². The Balaban J connectivity index is 0.00000280. The smallest absolute Gasteiger partial charge is 0.411 e. The van der Waals surface area contributed by atoms with Gasteiger partial charge in [-0.15, -0.1) is 12.4 Å². The highest BCUT2D eigenvalue weighted by Crippen LogP contribution is 2.49. The highest BCUT2D eigenvalue weighted by molar-refractivity contribution is 7.99. The molecule has 8 heteroatoms. The number of hydrogen-bond acceptors (Lipinski definition) is 5. The number of anilines is 3. The molecule has 2 aromatic carbocycles. The number of carbonyl (C=O) groups is 2. The summed E-state index contributed by atoms with van der Waals surface area (Å²) in [6.45, 7) is 5.51. The van der Waals surface area contributed by atoms with Gasteiger partial charge in [0.1, 0.15) is 0 Å². The van der Waals surface area contributed by atoms with Crippen LogP contribution in [0.4, 0.5) is 21.9 Å². The summed E-state index contributed by atoms with van der Waals surface area (Å²) in [7, 11) is 0. The van der Waals surface area contributed by atoms with E-state index in [1.165, 1.54) is 0 Å². The van der Waals surface area contributed by atoms with Gasteiger partial charge in [0.15, 0.2) is 0 Å². The Morgan fingerprint density at radius 3 is 2.57 bits per heavy atom. The van der Waals surface area contributed by atoms with E-state index in [1.54, 1.807) is 23.6 Å². The summed E-state index contributed by atoms with van der Waals surface area (Å²) in [6.07, 6.45) is -0.117. The van der Waals surface area contributed by atoms with Crippen molar-refractivity contribution >= 4 is 53.2 Å². The highest BCUT2D eigenvalue weighted by Gasteiger charge is 2.28. The number of hydrogen-bond donors (Lipinski definition) is 2. The maximum absolute atomic E-state index is 13.0. The predicted octanol–water partition coefficient (Wildman–Crippen LogP) is 4.81. The maximum atomic E-state index is 13.0. The van der Waals surface area contributed by atoms with E-state index in [9.17, 15) is 9.59 Å². The first kappa shape index (κ1) is 22.1. The zero-order valence-corrected chi connectivity index (χ0v) is 17.5. The number of fused-ring (bicyclic) bond motifs is 2.